The van der Waals surface area contributed by atoms with Crippen molar-refractivity contribution in [3.63, 3.8) is 0 Å². The third kappa shape index (κ3) is 6.72. The van der Waals surface area contributed by atoms with Crippen molar-refractivity contribution >= 4 is 17.9 Å². The Morgan fingerprint density at radius 3 is 2.50 bits per heavy atom. The highest BCUT2D eigenvalue weighted by atomic mass is 16.3. The molecular formula is C23H30N2O3. The van der Waals surface area contributed by atoms with Crippen molar-refractivity contribution < 1.29 is 14.0 Å². The van der Waals surface area contributed by atoms with E-state index < -0.39 is 0 Å². The number of hydrogen-bond acceptors (Lipinski definition) is 3. The molecule has 0 spiro atoms. The summed E-state index contributed by atoms with van der Waals surface area (Å²) in [6, 6.07) is 10.7. The molecule has 1 unspecified atom stereocenters. The summed E-state index contributed by atoms with van der Waals surface area (Å²) in [6.45, 7) is 6.84. The molecule has 0 aliphatic carbocycles. The molecule has 1 heterocycles. The summed E-state index contributed by atoms with van der Waals surface area (Å²) in [7, 11) is 0. The number of aryl methyl sites for hydroxylation is 1. The van der Waals surface area contributed by atoms with E-state index in [9.17, 15) is 9.59 Å². The molecule has 0 aliphatic heterocycles. The van der Waals surface area contributed by atoms with Crippen LogP contribution in [0.15, 0.2) is 52.8 Å². The summed E-state index contributed by atoms with van der Waals surface area (Å²) < 4.78 is 5.31. The topological polar surface area (TPSA) is 71.3 Å². The fraction of sp³-hybridized carbons (Fsp3) is 0.391. The van der Waals surface area contributed by atoms with Crippen molar-refractivity contribution in [3.05, 3.63) is 65.2 Å². The van der Waals surface area contributed by atoms with E-state index in [0.29, 0.717) is 23.8 Å². The minimum atomic E-state index is -0.328. The van der Waals surface area contributed by atoms with Gasteiger partial charge in [-0.2, -0.15) is 0 Å². The fourth-order valence-corrected chi connectivity index (χ4v) is 2.85. The van der Waals surface area contributed by atoms with Gasteiger partial charge in [-0.05, 0) is 43.5 Å². The third-order valence-electron chi connectivity index (χ3n) is 4.73. The molecule has 2 N–H and O–H groups in total. The molecule has 150 valence electrons. The summed E-state index contributed by atoms with van der Waals surface area (Å²) >= 11 is 0. The third-order valence-corrected chi connectivity index (χ3v) is 4.73. The standard InChI is InChI=1S/C23H30N2O3/c1-4-6-8-18(5-2)16-24-23(27)21(15-20-9-7-14-28-20)25-22(26)19-12-10-17(3)11-13-19/h7,9-15,18H,4-6,8,16H2,1-3H3,(H,24,27)(H,25,26)/b21-15-. The van der Waals surface area contributed by atoms with Crippen molar-refractivity contribution in [1.29, 1.82) is 0 Å². The number of furan rings is 1. The van der Waals surface area contributed by atoms with Crippen molar-refractivity contribution in [3.8, 4) is 0 Å². The van der Waals surface area contributed by atoms with E-state index in [-0.39, 0.29) is 17.5 Å². The molecule has 1 atom stereocenters. The predicted octanol–water partition coefficient (Wildman–Crippen LogP) is 4.69. The van der Waals surface area contributed by atoms with Crippen LogP contribution in [0.1, 0.15) is 61.2 Å². The van der Waals surface area contributed by atoms with Crippen LogP contribution in [0, 0.1) is 12.8 Å². The maximum absolute atomic E-state index is 12.7. The van der Waals surface area contributed by atoms with Crippen molar-refractivity contribution in [2.75, 3.05) is 6.54 Å². The molecule has 2 rings (SSSR count). The smallest absolute Gasteiger partial charge is 0.267 e. The molecule has 2 aromatic rings. The van der Waals surface area contributed by atoms with E-state index in [0.717, 1.165) is 31.2 Å². The molecule has 1 aromatic heterocycles. The summed E-state index contributed by atoms with van der Waals surface area (Å²) in [5, 5.41) is 5.68. The molecule has 1 aromatic carbocycles. The van der Waals surface area contributed by atoms with Crippen LogP contribution in [0.3, 0.4) is 0 Å². The van der Waals surface area contributed by atoms with Crippen LogP contribution in [-0.4, -0.2) is 18.4 Å². The average molecular weight is 383 g/mol. The Morgan fingerprint density at radius 1 is 1.14 bits per heavy atom. The van der Waals surface area contributed by atoms with Gasteiger partial charge in [0.15, 0.2) is 0 Å². The summed E-state index contributed by atoms with van der Waals surface area (Å²) in [5.41, 5.74) is 1.74. The van der Waals surface area contributed by atoms with Gasteiger partial charge in [-0.3, -0.25) is 9.59 Å². The van der Waals surface area contributed by atoms with Gasteiger partial charge >= 0.3 is 0 Å². The number of carbonyl (C=O) groups is 2. The highest BCUT2D eigenvalue weighted by Gasteiger charge is 2.16. The van der Waals surface area contributed by atoms with E-state index >= 15 is 0 Å². The van der Waals surface area contributed by atoms with Gasteiger partial charge < -0.3 is 15.1 Å². The highest BCUT2D eigenvalue weighted by molar-refractivity contribution is 6.05. The second-order valence-electron chi connectivity index (χ2n) is 7.02. The zero-order valence-electron chi connectivity index (χ0n) is 17.0. The fourth-order valence-electron chi connectivity index (χ4n) is 2.85. The zero-order valence-corrected chi connectivity index (χ0v) is 17.0. The number of carbonyl (C=O) groups excluding carboxylic acids is 2. The minimum Gasteiger partial charge on any atom is -0.465 e. The lowest BCUT2D eigenvalue weighted by molar-refractivity contribution is -0.117. The maximum Gasteiger partial charge on any atom is 0.267 e. The van der Waals surface area contributed by atoms with Gasteiger partial charge in [0, 0.05) is 18.2 Å². The first-order valence-corrected chi connectivity index (χ1v) is 9.94. The van der Waals surface area contributed by atoms with Crippen LogP contribution in [0.5, 0.6) is 0 Å². The van der Waals surface area contributed by atoms with Crippen LogP contribution in [0.25, 0.3) is 6.08 Å². The predicted molar refractivity (Wildman–Crippen MR) is 112 cm³/mol. The summed E-state index contributed by atoms with van der Waals surface area (Å²) in [5.74, 6) is 0.298. The van der Waals surface area contributed by atoms with Crippen LogP contribution in [0.4, 0.5) is 0 Å². The second kappa shape index (κ2) is 11.1. The normalized spacial score (nSPS) is 12.5. The molecule has 0 aliphatic rings. The van der Waals surface area contributed by atoms with E-state index in [1.54, 1.807) is 30.3 Å². The lowest BCUT2D eigenvalue weighted by atomic mass is 9.99. The molecule has 0 fully saturated rings. The van der Waals surface area contributed by atoms with Gasteiger partial charge in [0.1, 0.15) is 11.5 Å². The Kier molecular flexibility index (Phi) is 8.53. The summed E-state index contributed by atoms with van der Waals surface area (Å²) in [6.07, 6.45) is 7.46. The van der Waals surface area contributed by atoms with Crippen molar-refractivity contribution in [2.45, 2.75) is 46.5 Å². The summed E-state index contributed by atoms with van der Waals surface area (Å²) in [4.78, 5) is 25.3. The van der Waals surface area contributed by atoms with Crippen LogP contribution in [-0.2, 0) is 4.79 Å². The monoisotopic (exact) mass is 382 g/mol. The molecule has 0 saturated heterocycles. The number of rotatable bonds is 10. The first-order valence-electron chi connectivity index (χ1n) is 9.94. The van der Waals surface area contributed by atoms with Gasteiger partial charge in [0.25, 0.3) is 11.8 Å². The Morgan fingerprint density at radius 2 is 1.89 bits per heavy atom. The zero-order chi connectivity index (χ0) is 20.4. The Labute approximate surface area is 167 Å². The first-order chi connectivity index (χ1) is 13.5. The largest absolute Gasteiger partial charge is 0.465 e. The molecule has 28 heavy (non-hydrogen) atoms. The molecule has 2 amide bonds. The minimum absolute atomic E-state index is 0.172. The molecule has 5 heteroatoms. The van der Waals surface area contributed by atoms with Crippen LogP contribution < -0.4 is 10.6 Å². The van der Waals surface area contributed by atoms with E-state index in [1.807, 2.05) is 19.1 Å². The molecule has 0 bridgehead atoms. The lowest BCUT2D eigenvalue weighted by Crippen LogP contribution is -2.37. The average Bonchev–Trinajstić information content (AvgIpc) is 3.21. The molecular weight excluding hydrogens is 352 g/mol. The van der Waals surface area contributed by atoms with Crippen LogP contribution >= 0.6 is 0 Å². The van der Waals surface area contributed by atoms with Crippen LogP contribution in [0.2, 0.25) is 0 Å². The van der Waals surface area contributed by atoms with Crippen molar-refractivity contribution in [1.82, 2.24) is 10.6 Å². The number of unbranched alkanes of at least 4 members (excludes halogenated alkanes) is 1. The van der Waals surface area contributed by atoms with Crippen molar-refractivity contribution in [2.24, 2.45) is 5.92 Å². The number of nitrogens with one attached hydrogen (secondary N) is 2. The van der Waals surface area contributed by atoms with E-state index in [1.165, 1.54) is 6.26 Å². The Hall–Kier alpha value is -2.82. The number of benzene rings is 1. The van der Waals surface area contributed by atoms with Gasteiger partial charge in [0.2, 0.25) is 0 Å². The molecule has 0 radical (unpaired) electrons. The molecule has 5 nitrogen and oxygen atoms in total. The highest BCUT2D eigenvalue weighted by Crippen LogP contribution is 2.12. The number of amides is 2. The van der Waals surface area contributed by atoms with E-state index in [4.69, 9.17) is 4.42 Å². The number of hydrogen-bond donors (Lipinski definition) is 2. The quantitative estimate of drug-likeness (QED) is 0.586. The first kappa shape index (κ1) is 21.5. The molecule has 0 saturated carbocycles. The van der Waals surface area contributed by atoms with Gasteiger partial charge in [-0.1, -0.05) is 50.8 Å². The van der Waals surface area contributed by atoms with Gasteiger partial charge in [0.05, 0.1) is 6.26 Å². The Bertz CT molecular complexity index is 777. The van der Waals surface area contributed by atoms with Gasteiger partial charge in [-0.25, -0.2) is 0 Å². The SMILES string of the molecule is CCCCC(CC)CNC(=O)/C(=C/c1ccco1)NC(=O)c1ccc(C)cc1. The lowest BCUT2D eigenvalue weighted by Gasteiger charge is -2.16. The second-order valence-corrected chi connectivity index (χ2v) is 7.02. The maximum atomic E-state index is 12.7. The Balaban J connectivity index is 2.09. The van der Waals surface area contributed by atoms with E-state index in [2.05, 4.69) is 24.5 Å². The van der Waals surface area contributed by atoms with Gasteiger partial charge in [-0.15, -0.1) is 0 Å².